The molecule has 0 aromatic heterocycles. The summed E-state index contributed by atoms with van der Waals surface area (Å²) < 4.78 is 0. The van der Waals surface area contributed by atoms with Crippen LogP contribution in [0.2, 0.25) is 0 Å². The number of guanidine groups is 2. The molecular formula is C61H133N13O. The predicted molar refractivity (Wildman–Crippen MR) is 340 cm³/mol. The van der Waals surface area contributed by atoms with Crippen molar-refractivity contribution in [1.82, 2.24) is 39.2 Å². The Morgan fingerprint density at radius 2 is 0.973 bits per heavy atom. The van der Waals surface area contributed by atoms with Gasteiger partial charge in [0.2, 0.25) is 11.9 Å². The Balaban J connectivity index is -0.000000262. The third-order valence-corrected chi connectivity index (χ3v) is 11.6. The van der Waals surface area contributed by atoms with Gasteiger partial charge in [0.1, 0.15) is 0 Å². The molecule has 1 rings (SSSR count). The Hall–Kier alpha value is -3.42. The fourth-order valence-electron chi connectivity index (χ4n) is 6.63. The van der Waals surface area contributed by atoms with Crippen LogP contribution in [-0.2, 0) is 4.79 Å². The average molecular weight is 1060 g/mol. The number of rotatable bonds is 12. The Labute approximate surface area is 469 Å². The number of carbonyl (C=O) groups excluding carboxylic acids is 1. The molecule has 0 unspecified atom stereocenters. The summed E-state index contributed by atoms with van der Waals surface area (Å²) >= 11 is 0. The van der Waals surface area contributed by atoms with Crippen molar-refractivity contribution in [1.29, 1.82) is 0 Å². The van der Waals surface area contributed by atoms with Crippen LogP contribution in [0.25, 0.3) is 0 Å². The lowest BCUT2D eigenvalue weighted by Gasteiger charge is -2.29. The molecule has 1 aliphatic rings. The topological polar surface area (TPSA) is 105 Å². The predicted octanol–water partition coefficient (Wildman–Crippen LogP) is 12.7. The van der Waals surface area contributed by atoms with E-state index in [2.05, 4.69) is 197 Å². The Kier molecular flexibility index (Phi) is 41.8. The van der Waals surface area contributed by atoms with E-state index in [4.69, 9.17) is 0 Å². The standard InChI is InChI=1S/C11H23N3O.C11H25N3.C10H20N2.2C10H22N2.C9H21N/c1-11(2,3)8-9(15)14(7)10(12-4)13(5)6;1-11(2,3)8-9-14(7)10(12-4)13(5)6;1-10(2,3)6-5-9-11-7-8-12(9)4;1-10(2,3)8-7-9(11-4)12(5)6;1-9(12(5)6)11-8-7-10(2,3)4;1-9(2,3)7-6-8-10(4)5/h8H2,1-7H3;8-9H2,1-7H3;5-8H2,1-4H3;2*7-8H2,1-6H3;6-8H2,1-5H3. The quantitative estimate of drug-likeness (QED) is 0.141. The highest BCUT2D eigenvalue weighted by Gasteiger charge is 2.23. The van der Waals surface area contributed by atoms with Crippen molar-refractivity contribution in [3.63, 3.8) is 0 Å². The van der Waals surface area contributed by atoms with Crippen LogP contribution in [0.15, 0.2) is 25.0 Å². The summed E-state index contributed by atoms with van der Waals surface area (Å²) in [5.41, 5.74) is 2.15. The van der Waals surface area contributed by atoms with Crippen LogP contribution in [0.1, 0.15) is 189 Å². The van der Waals surface area contributed by atoms with Gasteiger partial charge < -0.3 is 34.3 Å². The van der Waals surface area contributed by atoms with Gasteiger partial charge in [0.25, 0.3) is 0 Å². The largest absolute Gasteiger partial charge is 0.367 e. The first-order valence-corrected chi connectivity index (χ1v) is 28.0. The highest BCUT2D eigenvalue weighted by molar-refractivity contribution is 5.96. The third-order valence-electron chi connectivity index (χ3n) is 11.6. The lowest BCUT2D eigenvalue weighted by molar-refractivity contribution is -0.128. The van der Waals surface area contributed by atoms with Crippen LogP contribution in [0.4, 0.5) is 0 Å². The van der Waals surface area contributed by atoms with Gasteiger partial charge in [0, 0.05) is 138 Å². The second-order valence-corrected chi connectivity index (χ2v) is 28.7. The van der Waals surface area contributed by atoms with Crippen molar-refractivity contribution in [2.24, 2.45) is 57.5 Å². The van der Waals surface area contributed by atoms with Crippen LogP contribution < -0.4 is 0 Å². The second-order valence-electron chi connectivity index (χ2n) is 28.7. The van der Waals surface area contributed by atoms with E-state index < -0.39 is 0 Å². The van der Waals surface area contributed by atoms with Crippen molar-refractivity contribution in [2.75, 3.05) is 145 Å². The molecule has 0 saturated carbocycles. The molecule has 14 heteroatoms. The molecule has 0 fully saturated rings. The van der Waals surface area contributed by atoms with Gasteiger partial charge in [-0.3, -0.25) is 34.7 Å². The zero-order valence-electron chi connectivity index (χ0n) is 57.1. The lowest BCUT2D eigenvalue weighted by atomic mass is 9.90. The number of amidine groups is 3. The molecule has 448 valence electrons. The summed E-state index contributed by atoms with van der Waals surface area (Å²) in [7, 11) is 31.6. The van der Waals surface area contributed by atoms with Crippen molar-refractivity contribution in [3.05, 3.63) is 0 Å². The van der Waals surface area contributed by atoms with E-state index in [0.29, 0.717) is 39.5 Å². The molecule has 0 aliphatic carbocycles. The number of likely N-dealkylation sites (N-methyl/N-ethyl adjacent to an activating group) is 1. The lowest BCUT2D eigenvalue weighted by Crippen LogP contribution is -2.42. The van der Waals surface area contributed by atoms with Gasteiger partial charge in [0.15, 0.2) is 5.96 Å². The zero-order valence-corrected chi connectivity index (χ0v) is 57.1. The SMILES string of the molecule is CC(=NCCC(C)(C)C)N(C)C.CN(C)CCCC(C)(C)C.CN1CCN=C1CCC(C)(C)C.CN=C(CCC(C)(C)C)N(C)C.CN=C(N(C)C)N(C)C(=O)CC(C)(C)C.CN=C(N(C)C)N(C)CCC(C)(C)C. The van der Waals surface area contributed by atoms with E-state index in [1.54, 1.807) is 19.0 Å². The fourth-order valence-corrected chi connectivity index (χ4v) is 6.63. The number of hydrogen-bond acceptors (Lipinski definition) is 8. The fraction of sp³-hybridized carbons (Fsp3) is 0.902. The molecule has 1 aliphatic heterocycles. The minimum atomic E-state index is 0.0104. The maximum absolute atomic E-state index is 11.9. The van der Waals surface area contributed by atoms with Gasteiger partial charge in [-0.2, -0.15) is 0 Å². The van der Waals surface area contributed by atoms with Crippen molar-refractivity contribution in [2.45, 2.75) is 189 Å². The number of aliphatic imine (C=N–C) groups is 5. The highest BCUT2D eigenvalue weighted by atomic mass is 16.2. The number of carbonyl (C=O) groups is 1. The van der Waals surface area contributed by atoms with Crippen molar-refractivity contribution in [3.8, 4) is 0 Å². The van der Waals surface area contributed by atoms with Crippen LogP contribution >= 0.6 is 0 Å². The van der Waals surface area contributed by atoms with Gasteiger partial charge in [-0.1, -0.05) is 125 Å². The molecule has 0 atom stereocenters. The van der Waals surface area contributed by atoms with E-state index in [9.17, 15) is 4.79 Å². The third kappa shape index (κ3) is 55.2. The molecule has 0 spiro atoms. The van der Waals surface area contributed by atoms with E-state index in [1.807, 2.05) is 92.1 Å². The molecule has 0 aromatic rings. The average Bonchev–Trinajstić information content (AvgIpc) is 3.62. The maximum Gasteiger partial charge on any atom is 0.229 e. The Bertz CT molecular complexity index is 1600. The van der Waals surface area contributed by atoms with Crippen LogP contribution in [0.3, 0.4) is 0 Å². The summed E-state index contributed by atoms with van der Waals surface area (Å²) in [5.74, 6) is 5.41. The highest BCUT2D eigenvalue weighted by Crippen LogP contribution is 2.24. The number of nitrogens with zero attached hydrogens (tertiary/aromatic N) is 13. The van der Waals surface area contributed by atoms with Gasteiger partial charge >= 0.3 is 0 Å². The normalized spacial score (nSPS) is 13.8. The molecule has 1 heterocycles. The summed E-state index contributed by atoms with van der Waals surface area (Å²) in [6, 6.07) is 0. The number of amides is 1. The monoisotopic (exact) mass is 1060 g/mol. The van der Waals surface area contributed by atoms with Crippen LogP contribution in [0, 0.1) is 32.5 Å². The first-order valence-electron chi connectivity index (χ1n) is 28.0. The first kappa shape index (κ1) is 80.4. The first-order chi connectivity index (χ1) is 33.6. The Morgan fingerprint density at radius 3 is 1.28 bits per heavy atom. The molecule has 1 amide bonds. The molecule has 14 nitrogen and oxygen atoms in total. The smallest absolute Gasteiger partial charge is 0.229 e. The minimum absolute atomic E-state index is 0.0104. The molecular weight excluding hydrogens is 931 g/mol. The molecule has 0 bridgehead atoms. The van der Waals surface area contributed by atoms with Gasteiger partial charge in [-0.05, 0) is 98.6 Å². The summed E-state index contributed by atoms with van der Waals surface area (Å²) in [5, 5.41) is 0. The molecule has 0 radical (unpaired) electrons. The molecule has 0 saturated heterocycles. The number of hydrogen-bond donors (Lipinski definition) is 0. The molecule has 0 N–H and O–H groups in total. The van der Waals surface area contributed by atoms with E-state index in [1.165, 1.54) is 50.3 Å². The summed E-state index contributed by atoms with van der Waals surface area (Å²) in [4.78, 5) is 49.7. The van der Waals surface area contributed by atoms with Crippen LogP contribution in [-0.4, -0.2) is 220 Å². The van der Waals surface area contributed by atoms with Gasteiger partial charge in [0.05, 0.1) is 24.1 Å². The van der Waals surface area contributed by atoms with Gasteiger partial charge in [-0.15, -0.1) is 0 Å². The van der Waals surface area contributed by atoms with E-state index in [-0.39, 0.29) is 11.3 Å². The zero-order chi connectivity index (χ0) is 60.5. The molecule has 75 heavy (non-hydrogen) atoms. The summed E-state index contributed by atoms with van der Waals surface area (Å²) in [6.45, 7) is 47.5. The van der Waals surface area contributed by atoms with Crippen molar-refractivity contribution >= 4 is 35.3 Å². The minimum Gasteiger partial charge on any atom is -0.367 e. The Morgan fingerprint density at radius 1 is 0.533 bits per heavy atom. The summed E-state index contributed by atoms with van der Waals surface area (Å²) in [6.07, 6.45) is 10.1. The molecule has 0 aromatic carbocycles. The maximum atomic E-state index is 11.9. The van der Waals surface area contributed by atoms with Crippen LogP contribution in [0.5, 0.6) is 0 Å². The van der Waals surface area contributed by atoms with E-state index >= 15 is 0 Å². The second kappa shape index (κ2) is 39.0. The van der Waals surface area contributed by atoms with Gasteiger partial charge in [-0.25, -0.2) is 0 Å². The van der Waals surface area contributed by atoms with E-state index in [0.717, 1.165) is 57.2 Å². The van der Waals surface area contributed by atoms with Crippen molar-refractivity contribution < 1.29 is 4.79 Å².